The Labute approximate surface area is 173 Å². The van der Waals surface area contributed by atoms with Crippen LogP contribution in [0.5, 0.6) is 0 Å². The number of benzene rings is 2. The van der Waals surface area contributed by atoms with Crippen molar-refractivity contribution in [3.63, 3.8) is 0 Å². The van der Waals surface area contributed by atoms with E-state index in [1.807, 2.05) is 61.5 Å². The summed E-state index contributed by atoms with van der Waals surface area (Å²) in [5, 5.41) is 8.99. The first-order chi connectivity index (χ1) is 14.0. The highest BCUT2D eigenvalue weighted by atomic mass is 32.1. The molecule has 5 nitrogen and oxygen atoms in total. The molecule has 2 heterocycles. The fourth-order valence-electron chi connectivity index (χ4n) is 3.55. The van der Waals surface area contributed by atoms with Crippen molar-refractivity contribution in [2.45, 2.75) is 32.7 Å². The number of carbonyl (C=O) groups excluding carboxylic acids is 1. The zero-order chi connectivity index (χ0) is 20.5. The van der Waals surface area contributed by atoms with E-state index in [1.165, 1.54) is 4.68 Å². The SMILES string of the molecule is Cc1nn([C@H](C)C(=O)NC[C@@H](C)c2ccccc2)c(=O)c2c1sc1ccccc12. The molecular weight excluding hydrogens is 382 g/mol. The van der Waals surface area contributed by atoms with E-state index in [0.29, 0.717) is 11.9 Å². The molecule has 0 spiro atoms. The summed E-state index contributed by atoms with van der Waals surface area (Å²) < 4.78 is 3.26. The number of nitrogens with zero attached hydrogens (tertiary/aromatic N) is 2. The molecule has 0 fully saturated rings. The average molecular weight is 406 g/mol. The first-order valence-corrected chi connectivity index (χ1v) is 10.5. The first-order valence-electron chi connectivity index (χ1n) is 9.70. The minimum atomic E-state index is -0.688. The highest BCUT2D eigenvalue weighted by Crippen LogP contribution is 2.32. The van der Waals surface area contributed by atoms with Crippen LogP contribution in [0.25, 0.3) is 20.2 Å². The van der Waals surface area contributed by atoms with E-state index in [-0.39, 0.29) is 17.4 Å². The van der Waals surface area contributed by atoms with Gasteiger partial charge in [0.05, 0.1) is 15.8 Å². The van der Waals surface area contributed by atoms with Gasteiger partial charge in [-0.15, -0.1) is 11.3 Å². The lowest BCUT2D eigenvalue weighted by Gasteiger charge is -2.17. The molecule has 4 rings (SSSR count). The van der Waals surface area contributed by atoms with Crippen LogP contribution in [0.1, 0.15) is 37.1 Å². The lowest BCUT2D eigenvalue weighted by Crippen LogP contribution is -2.38. The zero-order valence-electron chi connectivity index (χ0n) is 16.7. The molecule has 0 saturated heterocycles. The molecule has 0 saturated carbocycles. The maximum atomic E-state index is 13.2. The number of fused-ring (bicyclic) bond motifs is 3. The summed E-state index contributed by atoms with van der Waals surface area (Å²) in [5.74, 6) is -0.0252. The number of carbonyl (C=O) groups is 1. The van der Waals surface area contributed by atoms with Gasteiger partial charge >= 0.3 is 0 Å². The van der Waals surface area contributed by atoms with Gasteiger partial charge in [0.2, 0.25) is 5.91 Å². The van der Waals surface area contributed by atoms with E-state index in [0.717, 1.165) is 26.0 Å². The molecular formula is C23H23N3O2S. The van der Waals surface area contributed by atoms with Gasteiger partial charge < -0.3 is 5.32 Å². The van der Waals surface area contributed by atoms with Gasteiger partial charge in [0.1, 0.15) is 6.04 Å². The van der Waals surface area contributed by atoms with E-state index in [4.69, 9.17) is 0 Å². The molecule has 1 amide bonds. The minimum absolute atomic E-state index is 0.182. The van der Waals surface area contributed by atoms with Gasteiger partial charge in [0.15, 0.2) is 0 Å². The number of aromatic nitrogens is 2. The third kappa shape index (κ3) is 3.56. The second kappa shape index (κ2) is 7.79. The van der Waals surface area contributed by atoms with Gasteiger partial charge in [-0.25, -0.2) is 4.68 Å². The van der Waals surface area contributed by atoms with E-state index < -0.39 is 6.04 Å². The second-order valence-corrected chi connectivity index (χ2v) is 8.42. The van der Waals surface area contributed by atoms with Crippen molar-refractivity contribution in [2.24, 2.45) is 0 Å². The van der Waals surface area contributed by atoms with E-state index >= 15 is 0 Å². The van der Waals surface area contributed by atoms with Crippen LogP contribution in [-0.4, -0.2) is 22.2 Å². The van der Waals surface area contributed by atoms with Gasteiger partial charge in [-0.3, -0.25) is 9.59 Å². The summed E-state index contributed by atoms with van der Waals surface area (Å²) >= 11 is 1.57. The van der Waals surface area contributed by atoms with Crippen LogP contribution in [-0.2, 0) is 4.79 Å². The molecule has 2 aromatic heterocycles. The van der Waals surface area contributed by atoms with Crippen molar-refractivity contribution < 1.29 is 4.79 Å². The van der Waals surface area contributed by atoms with Crippen LogP contribution in [0.4, 0.5) is 0 Å². The Kier molecular flexibility index (Phi) is 5.20. The molecule has 1 N–H and O–H groups in total. The van der Waals surface area contributed by atoms with E-state index in [2.05, 4.69) is 17.3 Å². The van der Waals surface area contributed by atoms with Crippen molar-refractivity contribution in [3.8, 4) is 0 Å². The predicted octanol–water partition coefficient (Wildman–Crippen LogP) is 4.40. The molecule has 2 atom stereocenters. The molecule has 0 aliphatic heterocycles. The van der Waals surface area contributed by atoms with Gasteiger partial charge in [-0.1, -0.05) is 55.5 Å². The Balaban J connectivity index is 1.62. The summed E-state index contributed by atoms with van der Waals surface area (Å²) in [6.07, 6.45) is 0. The lowest BCUT2D eigenvalue weighted by molar-refractivity contribution is -0.124. The lowest BCUT2D eigenvalue weighted by atomic mass is 10.0. The highest BCUT2D eigenvalue weighted by molar-refractivity contribution is 7.26. The van der Waals surface area contributed by atoms with Crippen LogP contribution in [0, 0.1) is 6.92 Å². The number of hydrogen-bond donors (Lipinski definition) is 1. The number of rotatable bonds is 5. The van der Waals surface area contributed by atoms with Crippen molar-refractivity contribution in [1.82, 2.24) is 15.1 Å². The van der Waals surface area contributed by atoms with Crippen LogP contribution >= 0.6 is 11.3 Å². The molecule has 0 unspecified atom stereocenters. The second-order valence-electron chi connectivity index (χ2n) is 7.37. The van der Waals surface area contributed by atoms with Crippen LogP contribution in [0.15, 0.2) is 59.4 Å². The minimum Gasteiger partial charge on any atom is -0.354 e. The average Bonchev–Trinajstić information content (AvgIpc) is 3.15. The van der Waals surface area contributed by atoms with Crippen molar-refractivity contribution in [3.05, 3.63) is 76.2 Å². The normalized spacial score (nSPS) is 13.5. The Hall–Kier alpha value is -2.99. The van der Waals surface area contributed by atoms with Crippen molar-refractivity contribution in [2.75, 3.05) is 6.54 Å². The number of thiophene rings is 1. The first kappa shape index (κ1) is 19.3. The Morgan fingerprint density at radius 1 is 1.10 bits per heavy atom. The smallest absolute Gasteiger partial charge is 0.276 e. The van der Waals surface area contributed by atoms with Gasteiger partial charge in [-0.2, -0.15) is 5.10 Å². The fraction of sp³-hybridized carbons (Fsp3) is 0.261. The third-order valence-electron chi connectivity index (χ3n) is 5.30. The third-order valence-corrected chi connectivity index (χ3v) is 6.58. The molecule has 148 valence electrons. The number of amides is 1. The monoisotopic (exact) mass is 405 g/mol. The summed E-state index contributed by atoms with van der Waals surface area (Å²) in [5.41, 5.74) is 1.71. The topological polar surface area (TPSA) is 64.0 Å². The van der Waals surface area contributed by atoms with Crippen LogP contribution in [0.2, 0.25) is 0 Å². The molecule has 6 heteroatoms. The standard InChI is InChI=1S/C23H23N3O2S/c1-14(17-9-5-4-6-10-17)13-24-22(27)16(3)26-23(28)20-18-11-7-8-12-19(18)29-21(20)15(2)25-26/h4-12,14,16H,13H2,1-3H3,(H,24,27)/t14-,16-/m1/s1. The maximum absolute atomic E-state index is 13.2. The summed E-state index contributed by atoms with van der Waals surface area (Å²) in [6, 6.07) is 17.2. The quantitative estimate of drug-likeness (QED) is 0.535. The van der Waals surface area contributed by atoms with Crippen molar-refractivity contribution >= 4 is 37.4 Å². The largest absolute Gasteiger partial charge is 0.354 e. The zero-order valence-corrected chi connectivity index (χ0v) is 17.5. The van der Waals surface area contributed by atoms with E-state index in [1.54, 1.807) is 18.3 Å². The van der Waals surface area contributed by atoms with E-state index in [9.17, 15) is 9.59 Å². The molecule has 29 heavy (non-hydrogen) atoms. The molecule has 4 aromatic rings. The summed E-state index contributed by atoms with van der Waals surface area (Å²) in [7, 11) is 0. The fourth-order valence-corrected chi connectivity index (χ4v) is 4.69. The summed E-state index contributed by atoms with van der Waals surface area (Å²) in [4.78, 5) is 26.0. The molecule has 0 aliphatic carbocycles. The number of aryl methyl sites for hydroxylation is 1. The molecule has 0 bridgehead atoms. The predicted molar refractivity (Wildman–Crippen MR) is 119 cm³/mol. The Morgan fingerprint density at radius 3 is 2.55 bits per heavy atom. The highest BCUT2D eigenvalue weighted by Gasteiger charge is 2.22. The molecule has 0 aliphatic rings. The van der Waals surface area contributed by atoms with Crippen LogP contribution in [0.3, 0.4) is 0 Å². The van der Waals surface area contributed by atoms with Gasteiger partial charge in [0.25, 0.3) is 5.56 Å². The van der Waals surface area contributed by atoms with Crippen molar-refractivity contribution in [1.29, 1.82) is 0 Å². The Morgan fingerprint density at radius 2 is 1.79 bits per heavy atom. The maximum Gasteiger partial charge on any atom is 0.276 e. The van der Waals surface area contributed by atoms with Gasteiger partial charge in [-0.05, 0) is 31.4 Å². The van der Waals surface area contributed by atoms with Gasteiger partial charge in [0, 0.05) is 16.6 Å². The van der Waals surface area contributed by atoms with Crippen LogP contribution < -0.4 is 10.9 Å². The number of nitrogens with one attached hydrogen (secondary N) is 1. The summed E-state index contributed by atoms with van der Waals surface area (Å²) in [6.45, 7) is 6.18. The molecule has 2 aromatic carbocycles. The number of hydrogen-bond acceptors (Lipinski definition) is 4. The Bertz CT molecular complexity index is 1240. The molecule has 0 radical (unpaired) electrons.